The largest absolute Gasteiger partial charge is 0.396 e. The van der Waals surface area contributed by atoms with E-state index in [0.29, 0.717) is 12.8 Å². The Morgan fingerprint density at radius 2 is 2.44 bits per heavy atom. The second-order valence-corrected chi connectivity index (χ2v) is 1.94. The summed E-state index contributed by atoms with van der Waals surface area (Å²) in [6.07, 6.45) is 8.42. The lowest BCUT2D eigenvalue weighted by molar-refractivity contribution is 0.302. The third-order valence-corrected chi connectivity index (χ3v) is 1.00. The van der Waals surface area contributed by atoms with Gasteiger partial charge in [0.1, 0.15) is 0 Å². The molecule has 0 aliphatic rings. The van der Waals surface area contributed by atoms with Crippen LogP contribution in [0.25, 0.3) is 0 Å². The van der Waals surface area contributed by atoms with Crippen LogP contribution in [0, 0.1) is 12.3 Å². The van der Waals surface area contributed by atoms with Crippen LogP contribution in [-0.4, -0.2) is 11.7 Å². The van der Waals surface area contributed by atoms with Gasteiger partial charge in [-0.05, 0) is 13.3 Å². The molecule has 0 heterocycles. The van der Waals surface area contributed by atoms with E-state index in [4.69, 9.17) is 11.5 Å². The van der Waals surface area contributed by atoms with Crippen molar-refractivity contribution in [2.24, 2.45) is 0 Å². The predicted octanol–water partition coefficient (Wildman–Crippen LogP) is 1.34. The van der Waals surface area contributed by atoms with Gasteiger partial charge in [0.2, 0.25) is 0 Å². The molecule has 1 N–H and O–H groups in total. The molecule has 0 aliphatic heterocycles. The summed E-state index contributed by atoms with van der Waals surface area (Å²) in [7, 11) is 0. The number of terminal acetylenes is 1. The summed E-state index contributed by atoms with van der Waals surface area (Å²) in [5.74, 6) is 2.53. The smallest absolute Gasteiger partial charge is 0.0465 e. The van der Waals surface area contributed by atoms with E-state index < -0.39 is 0 Å². The van der Waals surface area contributed by atoms with E-state index in [1.54, 1.807) is 0 Å². The molecular weight excluding hydrogens is 112 g/mol. The minimum Gasteiger partial charge on any atom is -0.396 e. The highest BCUT2D eigenvalue weighted by Crippen LogP contribution is 1.98. The monoisotopic (exact) mass is 124 g/mol. The minimum atomic E-state index is 0.210. The van der Waals surface area contributed by atoms with Crippen molar-refractivity contribution < 1.29 is 5.11 Å². The molecule has 0 aromatic heterocycles. The second-order valence-electron chi connectivity index (χ2n) is 1.94. The van der Waals surface area contributed by atoms with Crippen LogP contribution >= 0.6 is 0 Å². The summed E-state index contributed by atoms with van der Waals surface area (Å²) in [5, 5.41) is 8.39. The fourth-order valence-corrected chi connectivity index (χ4v) is 0.544. The van der Waals surface area contributed by atoms with Gasteiger partial charge in [0.15, 0.2) is 0 Å². The van der Waals surface area contributed by atoms with Gasteiger partial charge < -0.3 is 5.11 Å². The first kappa shape index (κ1) is 8.26. The van der Waals surface area contributed by atoms with E-state index in [1.807, 2.05) is 13.0 Å². The Morgan fingerprint density at radius 1 is 1.78 bits per heavy atom. The number of allylic oxidation sites excluding steroid dienone is 1. The highest BCUT2D eigenvalue weighted by Gasteiger charge is 1.82. The molecule has 0 amide bonds. The molecule has 0 bridgehead atoms. The predicted molar refractivity (Wildman–Crippen MR) is 38.9 cm³/mol. The van der Waals surface area contributed by atoms with E-state index in [0.717, 1.165) is 5.57 Å². The molecule has 0 aromatic rings. The van der Waals surface area contributed by atoms with Gasteiger partial charge in [0, 0.05) is 13.0 Å². The third kappa shape index (κ3) is 5.13. The van der Waals surface area contributed by atoms with Crippen LogP contribution < -0.4 is 0 Å². The molecule has 1 heteroatoms. The number of aliphatic hydroxyl groups excluding tert-OH is 1. The SMILES string of the molecule is C#CC/C(C)=C/CCO. The zero-order valence-corrected chi connectivity index (χ0v) is 5.72. The van der Waals surface area contributed by atoms with Crippen molar-refractivity contribution in [1.29, 1.82) is 0 Å². The lowest BCUT2D eigenvalue weighted by atomic mass is 10.2. The molecule has 0 aliphatic carbocycles. The number of hydrogen-bond acceptors (Lipinski definition) is 1. The van der Waals surface area contributed by atoms with Gasteiger partial charge in [-0.2, -0.15) is 0 Å². The van der Waals surface area contributed by atoms with Crippen molar-refractivity contribution in [3.05, 3.63) is 11.6 Å². The summed E-state index contributed by atoms with van der Waals surface area (Å²) in [6, 6.07) is 0. The maximum atomic E-state index is 8.39. The zero-order chi connectivity index (χ0) is 7.11. The lowest BCUT2D eigenvalue weighted by Crippen LogP contribution is -1.79. The Morgan fingerprint density at radius 3 is 2.89 bits per heavy atom. The zero-order valence-electron chi connectivity index (χ0n) is 5.72. The highest BCUT2D eigenvalue weighted by atomic mass is 16.2. The molecule has 0 atom stereocenters. The number of aliphatic hydroxyl groups is 1. The van der Waals surface area contributed by atoms with Gasteiger partial charge >= 0.3 is 0 Å². The van der Waals surface area contributed by atoms with Gasteiger partial charge in [0.25, 0.3) is 0 Å². The normalized spacial score (nSPS) is 11.0. The van der Waals surface area contributed by atoms with E-state index in [1.165, 1.54) is 0 Å². The van der Waals surface area contributed by atoms with E-state index >= 15 is 0 Å². The van der Waals surface area contributed by atoms with E-state index in [2.05, 4.69) is 5.92 Å². The van der Waals surface area contributed by atoms with E-state index in [9.17, 15) is 0 Å². The molecule has 0 fully saturated rings. The van der Waals surface area contributed by atoms with Crippen LogP contribution in [0.3, 0.4) is 0 Å². The number of rotatable bonds is 3. The Balaban J connectivity index is 3.46. The van der Waals surface area contributed by atoms with Crippen molar-refractivity contribution in [1.82, 2.24) is 0 Å². The van der Waals surface area contributed by atoms with Crippen LogP contribution in [0.4, 0.5) is 0 Å². The Kier molecular flexibility index (Phi) is 4.95. The van der Waals surface area contributed by atoms with Crippen LogP contribution in [0.15, 0.2) is 11.6 Å². The summed E-state index contributed by atoms with van der Waals surface area (Å²) in [4.78, 5) is 0. The van der Waals surface area contributed by atoms with Crippen molar-refractivity contribution in [2.75, 3.05) is 6.61 Å². The fraction of sp³-hybridized carbons (Fsp3) is 0.500. The molecule has 9 heavy (non-hydrogen) atoms. The van der Waals surface area contributed by atoms with Crippen LogP contribution in [-0.2, 0) is 0 Å². The van der Waals surface area contributed by atoms with Gasteiger partial charge in [-0.3, -0.25) is 0 Å². The molecule has 0 radical (unpaired) electrons. The van der Waals surface area contributed by atoms with Crippen molar-refractivity contribution in [2.45, 2.75) is 19.8 Å². The van der Waals surface area contributed by atoms with Crippen LogP contribution in [0.2, 0.25) is 0 Å². The molecule has 0 saturated carbocycles. The Bertz CT molecular complexity index is 128. The van der Waals surface area contributed by atoms with Gasteiger partial charge in [-0.1, -0.05) is 11.6 Å². The van der Waals surface area contributed by atoms with E-state index in [-0.39, 0.29) is 6.61 Å². The lowest BCUT2D eigenvalue weighted by Gasteiger charge is -1.90. The Hall–Kier alpha value is -0.740. The molecule has 0 saturated heterocycles. The first-order chi connectivity index (χ1) is 4.31. The van der Waals surface area contributed by atoms with Gasteiger partial charge in [-0.25, -0.2) is 0 Å². The summed E-state index contributed by atoms with van der Waals surface area (Å²) >= 11 is 0. The molecule has 0 rings (SSSR count). The number of hydrogen-bond donors (Lipinski definition) is 1. The molecule has 50 valence electrons. The Labute approximate surface area is 56.4 Å². The van der Waals surface area contributed by atoms with Gasteiger partial charge in [0.05, 0.1) is 0 Å². The van der Waals surface area contributed by atoms with Crippen LogP contribution in [0.5, 0.6) is 0 Å². The third-order valence-electron chi connectivity index (χ3n) is 1.00. The minimum absolute atomic E-state index is 0.210. The molecule has 0 unspecified atom stereocenters. The first-order valence-corrected chi connectivity index (χ1v) is 3.01. The molecular formula is C8H12O. The average molecular weight is 124 g/mol. The van der Waals surface area contributed by atoms with Gasteiger partial charge in [-0.15, -0.1) is 12.3 Å². The second kappa shape index (κ2) is 5.40. The maximum absolute atomic E-state index is 8.39. The molecule has 0 aromatic carbocycles. The quantitative estimate of drug-likeness (QED) is 0.444. The maximum Gasteiger partial charge on any atom is 0.0465 e. The highest BCUT2D eigenvalue weighted by molar-refractivity contribution is 5.07. The fourth-order valence-electron chi connectivity index (χ4n) is 0.544. The standard InChI is InChI=1S/C8H12O/c1-3-5-8(2)6-4-7-9/h1,6,9H,4-5,7H2,2H3/b8-6+. The average Bonchev–Trinajstić information content (AvgIpc) is 1.85. The first-order valence-electron chi connectivity index (χ1n) is 3.01. The molecule has 0 spiro atoms. The van der Waals surface area contributed by atoms with Crippen molar-refractivity contribution in [3.63, 3.8) is 0 Å². The van der Waals surface area contributed by atoms with Crippen molar-refractivity contribution >= 4 is 0 Å². The topological polar surface area (TPSA) is 20.2 Å². The van der Waals surface area contributed by atoms with Crippen molar-refractivity contribution in [3.8, 4) is 12.3 Å². The molecule has 1 nitrogen and oxygen atoms in total. The summed E-state index contributed by atoms with van der Waals surface area (Å²) in [6.45, 7) is 2.18. The van der Waals surface area contributed by atoms with Crippen LogP contribution in [0.1, 0.15) is 19.8 Å². The summed E-state index contributed by atoms with van der Waals surface area (Å²) in [5.41, 5.74) is 1.16. The summed E-state index contributed by atoms with van der Waals surface area (Å²) < 4.78 is 0.